The minimum absolute atomic E-state index is 0.191. The maximum absolute atomic E-state index is 13.8. The fourth-order valence-electron chi connectivity index (χ4n) is 1.80. The highest BCUT2D eigenvalue weighted by molar-refractivity contribution is 6.75. The van der Waals surface area contributed by atoms with Crippen LogP contribution in [0.3, 0.4) is 0 Å². The molecule has 0 aliphatic carbocycles. The molecule has 0 fully saturated rings. The summed E-state index contributed by atoms with van der Waals surface area (Å²) in [5.74, 6) is -0.257. The molecule has 19 heavy (non-hydrogen) atoms. The van der Waals surface area contributed by atoms with Crippen LogP contribution in [0, 0.1) is 5.82 Å². The summed E-state index contributed by atoms with van der Waals surface area (Å²) in [4.78, 5) is 0. The van der Waals surface area contributed by atoms with Gasteiger partial charge in [0.2, 0.25) is 0 Å². The standard InChI is InChI=1S/C13H21FO4Si/c1-5-16-19(17-6-2,18-7-3)11-8-9-13(15-4)12(14)10-11/h8-10H,5-7H2,1-4H3. The van der Waals surface area contributed by atoms with Gasteiger partial charge in [0.15, 0.2) is 11.6 Å². The zero-order chi connectivity index (χ0) is 14.3. The monoisotopic (exact) mass is 288 g/mol. The number of hydrogen-bond donors (Lipinski definition) is 0. The number of rotatable bonds is 8. The zero-order valence-electron chi connectivity index (χ0n) is 11.9. The van der Waals surface area contributed by atoms with Gasteiger partial charge in [0, 0.05) is 25.0 Å². The van der Waals surface area contributed by atoms with Gasteiger partial charge in [-0.1, -0.05) is 6.07 Å². The van der Waals surface area contributed by atoms with E-state index in [1.807, 2.05) is 20.8 Å². The second-order valence-electron chi connectivity index (χ2n) is 3.70. The molecule has 4 nitrogen and oxygen atoms in total. The number of methoxy groups -OCH3 is 1. The molecule has 0 atom stereocenters. The van der Waals surface area contributed by atoms with Crippen molar-refractivity contribution in [3.05, 3.63) is 24.0 Å². The van der Waals surface area contributed by atoms with E-state index in [0.717, 1.165) is 0 Å². The van der Waals surface area contributed by atoms with Gasteiger partial charge in [-0.3, -0.25) is 0 Å². The van der Waals surface area contributed by atoms with E-state index in [-0.39, 0.29) is 5.75 Å². The molecule has 0 bridgehead atoms. The fourth-order valence-corrected chi connectivity index (χ4v) is 4.28. The summed E-state index contributed by atoms with van der Waals surface area (Å²) in [7, 11) is -1.61. The summed E-state index contributed by atoms with van der Waals surface area (Å²) in [6.07, 6.45) is 0. The fraction of sp³-hybridized carbons (Fsp3) is 0.538. The molecule has 0 aromatic heterocycles. The predicted molar refractivity (Wildman–Crippen MR) is 73.2 cm³/mol. The summed E-state index contributed by atoms with van der Waals surface area (Å²) >= 11 is 0. The van der Waals surface area contributed by atoms with Crippen molar-refractivity contribution in [2.75, 3.05) is 26.9 Å². The van der Waals surface area contributed by atoms with Crippen LogP contribution in [0.15, 0.2) is 18.2 Å². The summed E-state index contributed by atoms with van der Waals surface area (Å²) < 4.78 is 35.9. The summed E-state index contributed by atoms with van der Waals surface area (Å²) in [6, 6.07) is 4.66. The topological polar surface area (TPSA) is 36.9 Å². The molecule has 0 saturated carbocycles. The lowest BCUT2D eigenvalue weighted by atomic mass is 10.3. The van der Waals surface area contributed by atoms with Gasteiger partial charge in [-0.25, -0.2) is 4.39 Å². The first-order valence-electron chi connectivity index (χ1n) is 6.39. The van der Waals surface area contributed by atoms with Crippen molar-refractivity contribution in [1.29, 1.82) is 0 Å². The first kappa shape index (κ1) is 16.1. The molecule has 6 heteroatoms. The Morgan fingerprint density at radius 2 is 1.53 bits per heavy atom. The van der Waals surface area contributed by atoms with Gasteiger partial charge in [-0.15, -0.1) is 0 Å². The lowest BCUT2D eigenvalue weighted by molar-refractivity contribution is 0.0858. The van der Waals surface area contributed by atoms with E-state index >= 15 is 0 Å². The number of halogens is 1. The van der Waals surface area contributed by atoms with E-state index in [9.17, 15) is 4.39 Å². The van der Waals surface area contributed by atoms with Crippen LogP contribution >= 0.6 is 0 Å². The van der Waals surface area contributed by atoms with Gasteiger partial charge < -0.3 is 18.0 Å². The third-order valence-electron chi connectivity index (χ3n) is 2.51. The Hall–Kier alpha value is -0.953. The summed E-state index contributed by atoms with van der Waals surface area (Å²) in [5, 5.41) is 0.608. The minimum atomic E-state index is -3.03. The van der Waals surface area contributed by atoms with Crippen LogP contribution in [-0.2, 0) is 13.3 Å². The molecule has 0 aliphatic rings. The van der Waals surface area contributed by atoms with Crippen LogP contribution in [0.1, 0.15) is 20.8 Å². The zero-order valence-corrected chi connectivity index (χ0v) is 12.9. The van der Waals surface area contributed by atoms with Crippen molar-refractivity contribution in [3.63, 3.8) is 0 Å². The van der Waals surface area contributed by atoms with Crippen molar-refractivity contribution in [2.45, 2.75) is 20.8 Å². The highest BCUT2D eigenvalue weighted by Crippen LogP contribution is 2.18. The smallest absolute Gasteiger partial charge is 0.494 e. The lowest BCUT2D eigenvalue weighted by Gasteiger charge is -2.28. The average Bonchev–Trinajstić information content (AvgIpc) is 2.39. The molecule has 0 N–H and O–H groups in total. The Balaban J connectivity index is 3.18. The number of benzene rings is 1. The molecule has 1 aromatic rings. The maximum Gasteiger partial charge on any atom is 0.537 e. The quantitative estimate of drug-likeness (QED) is 0.686. The molecule has 1 rings (SSSR count). The van der Waals surface area contributed by atoms with Crippen molar-refractivity contribution in [3.8, 4) is 5.75 Å². The molecular formula is C13H21FO4Si. The molecule has 108 valence electrons. The van der Waals surface area contributed by atoms with Crippen molar-refractivity contribution >= 4 is 14.0 Å². The number of hydrogen-bond acceptors (Lipinski definition) is 4. The molecule has 0 radical (unpaired) electrons. The van der Waals surface area contributed by atoms with E-state index in [1.165, 1.54) is 13.2 Å². The van der Waals surface area contributed by atoms with Gasteiger partial charge >= 0.3 is 8.80 Å². The molecular weight excluding hydrogens is 267 g/mol. The van der Waals surface area contributed by atoms with Crippen molar-refractivity contribution in [2.24, 2.45) is 0 Å². The van der Waals surface area contributed by atoms with Crippen molar-refractivity contribution < 1.29 is 22.4 Å². The highest BCUT2D eigenvalue weighted by Gasteiger charge is 2.43. The molecule has 1 aromatic carbocycles. The molecule has 0 aliphatic heterocycles. The molecule has 0 saturated heterocycles. The van der Waals surface area contributed by atoms with E-state index < -0.39 is 14.6 Å². The SMILES string of the molecule is CCO[Si](OCC)(OCC)c1ccc(OC)c(F)c1. The van der Waals surface area contributed by atoms with Crippen LogP contribution in [-0.4, -0.2) is 35.7 Å². The largest absolute Gasteiger partial charge is 0.537 e. The Bertz CT molecular complexity index is 383. The van der Waals surface area contributed by atoms with E-state index in [1.54, 1.807) is 12.1 Å². The van der Waals surface area contributed by atoms with Gasteiger partial charge in [0.25, 0.3) is 0 Å². The van der Waals surface area contributed by atoms with Gasteiger partial charge in [0.05, 0.1) is 7.11 Å². The molecule has 0 heterocycles. The van der Waals surface area contributed by atoms with Crippen LogP contribution < -0.4 is 9.92 Å². The Morgan fingerprint density at radius 3 is 1.89 bits per heavy atom. The van der Waals surface area contributed by atoms with E-state index in [4.69, 9.17) is 18.0 Å². The second kappa shape index (κ2) is 7.59. The third kappa shape index (κ3) is 3.76. The van der Waals surface area contributed by atoms with Crippen LogP contribution in [0.2, 0.25) is 0 Å². The normalized spacial score (nSPS) is 11.6. The average molecular weight is 288 g/mol. The van der Waals surface area contributed by atoms with E-state index in [2.05, 4.69) is 0 Å². The first-order chi connectivity index (χ1) is 9.13. The van der Waals surface area contributed by atoms with Crippen LogP contribution in [0.4, 0.5) is 4.39 Å². The molecule has 0 amide bonds. The van der Waals surface area contributed by atoms with Gasteiger partial charge in [-0.05, 0) is 32.9 Å². The Morgan fingerprint density at radius 1 is 1.00 bits per heavy atom. The van der Waals surface area contributed by atoms with Crippen LogP contribution in [0.5, 0.6) is 5.75 Å². The third-order valence-corrected chi connectivity index (χ3v) is 5.53. The maximum atomic E-state index is 13.8. The van der Waals surface area contributed by atoms with Gasteiger partial charge in [0.1, 0.15) is 0 Å². The summed E-state index contributed by atoms with van der Waals surface area (Å²) in [5.41, 5.74) is 0. The summed E-state index contributed by atoms with van der Waals surface area (Å²) in [6.45, 7) is 6.92. The second-order valence-corrected chi connectivity index (χ2v) is 6.26. The van der Waals surface area contributed by atoms with Gasteiger partial charge in [-0.2, -0.15) is 0 Å². The lowest BCUT2D eigenvalue weighted by Crippen LogP contribution is -2.57. The number of ether oxygens (including phenoxy) is 1. The molecule has 0 spiro atoms. The van der Waals surface area contributed by atoms with E-state index in [0.29, 0.717) is 25.0 Å². The predicted octanol–water partition coefficient (Wildman–Crippen LogP) is 2.09. The Kier molecular flexibility index (Phi) is 6.43. The minimum Gasteiger partial charge on any atom is -0.494 e. The highest BCUT2D eigenvalue weighted by atomic mass is 28.4. The molecule has 0 unspecified atom stereocenters. The Labute approximate surface area is 114 Å². The van der Waals surface area contributed by atoms with Crippen LogP contribution in [0.25, 0.3) is 0 Å². The first-order valence-corrected chi connectivity index (χ1v) is 8.11. The van der Waals surface area contributed by atoms with Crippen molar-refractivity contribution in [1.82, 2.24) is 0 Å².